The molecule has 1 aliphatic heterocycles. The molecule has 1 fully saturated rings. The highest BCUT2D eigenvalue weighted by Crippen LogP contribution is 2.21. The number of amides is 1. The van der Waals surface area contributed by atoms with Crippen molar-refractivity contribution in [1.29, 1.82) is 0 Å². The van der Waals surface area contributed by atoms with Crippen molar-refractivity contribution < 1.29 is 14.7 Å². The second-order valence-corrected chi connectivity index (χ2v) is 6.03. The van der Waals surface area contributed by atoms with Gasteiger partial charge < -0.3 is 10.0 Å². The Hall–Kier alpha value is -1.50. The fourth-order valence-electron chi connectivity index (χ4n) is 2.32. The Kier molecular flexibility index (Phi) is 4.69. The molecule has 1 amide bonds. The molecule has 1 aliphatic rings. The third-order valence-electron chi connectivity index (χ3n) is 3.50. The molecule has 0 atom stereocenters. The second-order valence-electron chi connectivity index (χ2n) is 5.03. The first-order valence-corrected chi connectivity index (χ1v) is 7.60. The van der Waals surface area contributed by atoms with Crippen molar-refractivity contribution >= 4 is 23.6 Å². The van der Waals surface area contributed by atoms with Crippen LogP contribution in [0.3, 0.4) is 0 Å². The lowest BCUT2D eigenvalue weighted by Crippen LogP contribution is -2.41. The van der Waals surface area contributed by atoms with Gasteiger partial charge in [0.05, 0.1) is 22.4 Å². The largest absolute Gasteiger partial charge is 0.481 e. The summed E-state index contributed by atoms with van der Waals surface area (Å²) in [5.74, 6) is -0.613. The fourth-order valence-corrected chi connectivity index (χ4v) is 3.26. The lowest BCUT2D eigenvalue weighted by Gasteiger charge is -2.30. The Morgan fingerprint density at radius 2 is 2.10 bits per heavy atom. The van der Waals surface area contributed by atoms with Gasteiger partial charge in [-0.2, -0.15) is 5.10 Å². The predicted molar refractivity (Wildman–Crippen MR) is 75.6 cm³/mol. The van der Waals surface area contributed by atoms with Gasteiger partial charge in [0.1, 0.15) is 0 Å². The average Bonchev–Trinajstić information content (AvgIpc) is 2.74. The van der Waals surface area contributed by atoms with Crippen molar-refractivity contribution in [3.05, 3.63) is 11.8 Å². The summed E-state index contributed by atoms with van der Waals surface area (Å²) < 4.78 is 1.77. The van der Waals surface area contributed by atoms with E-state index < -0.39 is 5.97 Å². The number of carbonyl (C=O) groups excluding carboxylic acids is 1. The molecule has 0 saturated carbocycles. The quantitative estimate of drug-likeness (QED) is 0.844. The van der Waals surface area contributed by atoms with E-state index >= 15 is 0 Å². The van der Waals surface area contributed by atoms with Crippen LogP contribution in [0, 0.1) is 12.8 Å². The van der Waals surface area contributed by atoms with Crippen molar-refractivity contribution in [3.8, 4) is 0 Å². The maximum atomic E-state index is 12.1. The van der Waals surface area contributed by atoms with Crippen LogP contribution in [0.15, 0.2) is 11.1 Å². The summed E-state index contributed by atoms with van der Waals surface area (Å²) in [6, 6.07) is 1.95. The zero-order chi connectivity index (χ0) is 14.7. The molecule has 2 rings (SSSR count). The highest BCUT2D eigenvalue weighted by atomic mass is 32.2. The van der Waals surface area contributed by atoms with Crippen molar-refractivity contribution in [3.63, 3.8) is 0 Å². The smallest absolute Gasteiger partial charge is 0.306 e. The maximum Gasteiger partial charge on any atom is 0.306 e. The Bertz CT molecular complexity index is 507. The number of likely N-dealkylation sites (tertiary alicyclic amines) is 1. The molecular weight excluding hydrogens is 278 g/mol. The highest BCUT2D eigenvalue weighted by Gasteiger charge is 2.26. The minimum atomic E-state index is -0.753. The van der Waals surface area contributed by atoms with Gasteiger partial charge in [-0.25, -0.2) is 0 Å². The fraction of sp³-hybridized carbons (Fsp3) is 0.615. The van der Waals surface area contributed by atoms with E-state index in [9.17, 15) is 9.59 Å². The van der Waals surface area contributed by atoms with Crippen molar-refractivity contribution in [2.24, 2.45) is 13.0 Å². The number of hydrogen-bond donors (Lipinski definition) is 1. The van der Waals surface area contributed by atoms with Crippen LogP contribution in [0.5, 0.6) is 0 Å². The van der Waals surface area contributed by atoms with E-state index in [4.69, 9.17) is 5.11 Å². The molecule has 0 radical (unpaired) electrons. The van der Waals surface area contributed by atoms with Crippen molar-refractivity contribution in [2.75, 3.05) is 18.8 Å². The third-order valence-corrected chi connectivity index (χ3v) is 4.57. The van der Waals surface area contributed by atoms with Gasteiger partial charge in [-0.05, 0) is 25.8 Å². The molecule has 110 valence electrons. The van der Waals surface area contributed by atoms with Crippen LogP contribution in [0.2, 0.25) is 0 Å². The van der Waals surface area contributed by atoms with Gasteiger partial charge in [0, 0.05) is 20.1 Å². The molecule has 6 nitrogen and oxygen atoms in total. The van der Waals surface area contributed by atoms with E-state index in [0.29, 0.717) is 31.7 Å². The first-order chi connectivity index (χ1) is 9.47. The Balaban J connectivity index is 1.81. The number of carboxylic acids is 1. The lowest BCUT2D eigenvalue weighted by atomic mass is 9.97. The summed E-state index contributed by atoms with van der Waals surface area (Å²) in [7, 11) is 1.86. The second kappa shape index (κ2) is 6.30. The molecule has 0 aliphatic carbocycles. The van der Waals surface area contributed by atoms with Gasteiger partial charge in [-0.15, -0.1) is 0 Å². The first-order valence-electron chi connectivity index (χ1n) is 6.61. The number of carbonyl (C=O) groups is 2. The first kappa shape index (κ1) is 14.9. The standard InChI is InChI=1S/C13H19N3O3S/c1-9-7-12(15(2)14-9)20-8-11(17)16-5-3-10(4-6-16)13(18)19/h7,10H,3-6,8H2,1-2H3,(H,18,19). The number of aliphatic carboxylic acids is 1. The van der Waals surface area contributed by atoms with Crippen LogP contribution in [0.4, 0.5) is 0 Å². The predicted octanol–water partition coefficient (Wildman–Crippen LogP) is 1.14. The Morgan fingerprint density at radius 3 is 2.60 bits per heavy atom. The monoisotopic (exact) mass is 297 g/mol. The van der Waals surface area contributed by atoms with Crippen LogP contribution >= 0.6 is 11.8 Å². The molecule has 2 heterocycles. The molecule has 0 spiro atoms. The summed E-state index contributed by atoms with van der Waals surface area (Å²) in [5, 5.41) is 14.1. The van der Waals surface area contributed by atoms with Crippen molar-refractivity contribution in [2.45, 2.75) is 24.8 Å². The zero-order valence-corrected chi connectivity index (χ0v) is 12.5. The normalized spacial score (nSPS) is 16.4. The number of thioether (sulfide) groups is 1. The van der Waals surface area contributed by atoms with Crippen molar-refractivity contribution in [1.82, 2.24) is 14.7 Å². The number of rotatable bonds is 4. The van der Waals surface area contributed by atoms with Crippen LogP contribution in [-0.2, 0) is 16.6 Å². The van der Waals surface area contributed by atoms with E-state index in [1.165, 1.54) is 11.8 Å². The molecule has 20 heavy (non-hydrogen) atoms. The summed E-state index contributed by atoms with van der Waals surface area (Å²) in [4.78, 5) is 24.7. The molecule has 1 aromatic rings. The molecule has 0 unspecified atom stereocenters. The van der Waals surface area contributed by atoms with Crippen LogP contribution < -0.4 is 0 Å². The van der Waals surface area contributed by atoms with E-state index in [1.54, 1.807) is 9.58 Å². The minimum Gasteiger partial charge on any atom is -0.481 e. The number of hydrogen-bond acceptors (Lipinski definition) is 4. The van der Waals surface area contributed by atoms with Crippen LogP contribution in [-0.4, -0.2) is 50.5 Å². The minimum absolute atomic E-state index is 0.0673. The zero-order valence-electron chi connectivity index (χ0n) is 11.7. The van der Waals surface area contributed by atoms with Gasteiger partial charge in [0.2, 0.25) is 5.91 Å². The number of aromatic nitrogens is 2. The number of piperidine rings is 1. The lowest BCUT2D eigenvalue weighted by molar-refractivity contribution is -0.145. The van der Waals surface area contributed by atoms with Crippen LogP contribution in [0.25, 0.3) is 0 Å². The number of carboxylic acid groups (broad SMARTS) is 1. The van der Waals surface area contributed by atoms with E-state index in [-0.39, 0.29) is 11.8 Å². The summed E-state index contributed by atoms with van der Waals surface area (Å²) in [5.41, 5.74) is 0.935. The number of nitrogens with zero attached hydrogens (tertiary/aromatic N) is 3. The molecule has 0 aromatic carbocycles. The molecular formula is C13H19N3O3S. The summed E-state index contributed by atoms with van der Waals surface area (Å²) >= 11 is 1.47. The molecule has 0 bridgehead atoms. The molecule has 1 saturated heterocycles. The SMILES string of the molecule is Cc1cc(SCC(=O)N2CCC(C(=O)O)CC2)n(C)n1. The summed E-state index contributed by atoms with van der Waals surface area (Å²) in [6.45, 7) is 3.00. The third kappa shape index (κ3) is 3.53. The molecule has 1 N–H and O–H groups in total. The highest BCUT2D eigenvalue weighted by molar-refractivity contribution is 7.99. The van der Waals surface area contributed by atoms with Gasteiger partial charge in [-0.1, -0.05) is 11.8 Å². The van der Waals surface area contributed by atoms with E-state index in [0.717, 1.165) is 10.7 Å². The van der Waals surface area contributed by atoms with Gasteiger partial charge in [-0.3, -0.25) is 14.3 Å². The Morgan fingerprint density at radius 1 is 1.45 bits per heavy atom. The topological polar surface area (TPSA) is 75.4 Å². The molecule has 1 aromatic heterocycles. The Labute approximate surface area is 122 Å². The van der Waals surface area contributed by atoms with Crippen LogP contribution in [0.1, 0.15) is 18.5 Å². The van der Waals surface area contributed by atoms with E-state index in [2.05, 4.69) is 5.10 Å². The molecule has 7 heteroatoms. The van der Waals surface area contributed by atoms with Gasteiger partial charge >= 0.3 is 5.97 Å². The van der Waals surface area contributed by atoms with Gasteiger partial charge in [0.25, 0.3) is 0 Å². The van der Waals surface area contributed by atoms with E-state index in [1.807, 2.05) is 20.0 Å². The maximum absolute atomic E-state index is 12.1. The number of aryl methyl sites for hydroxylation is 2. The summed E-state index contributed by atoms with van der Waals surface area (Å²) in [6.07, 6.45) is 1.10. The van der Waals surface area contributed by atoms with Gasteiger partial charge in [0.15, 0.2) is 0 Å². The average molecular weight is 297 g/mol.